The molecular weight excluding hydrogens is 560 g/mol. The third-order valence-corrected chi connectivity index (χ3v) is 9.94. The summed E-state index contributed by atoms with van der Waals surface area (Å²) in [5, 5.41) is 0. The molecule has 268 valence electrons. The van der Waals surface area contributed by atoms with E-state index in [1.165, 1.54) is 205 Å². The van der Waals surface area contributed by atoms with E-state index < -0.39 is 0 Å². The van der Waals surface area contributed by atoms with Crippen molar-refractivity contribution in [1.82, 2.24) is 0 Å². The summed E-state index contributed by atoms with van der Waals surface area (Å²) in [6.07, 6.45) is 57.3. The minimum absolute atomic E-state index is 0.0193. The molecule has 1 rings (SSSR count). The van der Waals surface area contributed by atoms with Crippen LogP contribution >= 0.6 is 0 Å². The van der Waals surface area contributed by atoms with Gasteiger partial charge in [0.2, 0.25) is 0 Å². The van der Waals surface area contributed by atoms with E-state index in [0.29, 0.717) is 0 Å². The Labute approximate surface area is 289 Å². The van der Waals surface area contributed by atoms with Crippen molar-refractivity contribution in [2.75, 3.05) is 0 Å². The molecule has 0 N–H and O–H groups in total. The second-order valence-electron chi connectivity index (χ2n) is 14.4. The molecule has 1 atom stereocenters. The molecule has 0 aromatic carbocycles. The number of ether oxygens (including phenoxy) is 1. The Balaban J connectivity index is 1.81. The first-order chi connectivity index (χ1) is 22.8. The van der Waals surface area contributed by atoms with E-state index >= 15 is 0 Å². The molecule has 0 aromatic heterocycles. The molecule has 1 unspecified atom stereocenters. The molecule has 2 nitrogen and oxygen atoms in total. The molecule has 0 aliphatic carbocycles. The van der Waals surface area contributed by atoms with Crippen LogP contribution < -0.4 is 0 Å². The zero-order valence-corrected chi connectivity index (χ0v) is 31.3. The number of hydrogen-bond donors (Lipinski definition) is 0. The number of rotatable bonds is 36. The van der Waals surface area contributed by atoms with Crippen LogP contribution in [0.15, 0.2) is 36.1 Å². The fourth-order valence-corrected chi connectivity index (χ4v) is 6.83. The molecule has 46 heavy (non-hydrogen) atoms. The van der Waals surface area contributed by atoms with Crippen LogP contribution in [-0.4, -0.2) is 5.97 Å². The number of hydrogen-bond acceptors (Lipinski definition) is 2. The fraction of sp³-hybridized carbons (Fsp3) is 0.841. The van der Waals surface area contributed by atoms with Gasteiger partial charge in [-0.1, -0.05) is 199 Å². The highest BCUT2D eigenvalue weighted by Crippen LogP contribution is 2.32. The van der Waals surface area contributed by atoms with Crippen molar-refractivity contribution in [1.29, 1.82) is 0 Å². The Morgan fingerprint density at radius 2 is 0.717 bits per heavy atom. The average molecular weight is 641 g/mol. The van der Waals surface area contributed by atoms with Gasteiger partial charge in [0.15, 0.2) is 0 Å². The number of cyclic esters (lactones) is 1. The molecule has 1 aliphatic heterocycles. The molecule has 0 bridgehead atoms. The van der Waals surface area contributed by atoms with Crippen molar-refractivity contribution in [3.63, 3.8) is 0 Å². The lowest BCUT2D eigenvalue weighted by molar-refractivity contribution is -0.157. The second-order valence-corrected chi connectivity index (χ2v) is 14.4. The summed E-state index contributed by atoms with van der Waals surface area (Å²) >= 11 is 0. The largest absolute Gasteiger partial charge is 0.430 e. The predicted octanol–water partition coefficient (Wildman–Crippen LogP) is 15.5. The Morgan fingerprint density at radius 1 is 0.413 bits per heavy atom. The van der Waals surface area contributed by atoms with Crippen LogP contribution in [0.2, 0.25) is 0 Å². The highest BCUT2D eigenvalue weighted by molar-refractivity contribution is 5.82. The normalized spacial score (nSPS) is 15.8. The van der Waals surface area contributed by atoms with Crippen LogP contribution in [0.3, 0.4) is 0 Å². The van der Waals surface area contributed by atoms with Crippen molar-refractivity contribution in [3.05, 3.63) is 36.1 Å². The molecule has 1 heterocycles. The monoisotopic (exact) mass is 641 g/mol. The number of allylic oxidation sites excluding steroid dienone is 5. The van der Waals surface area contributed by atoms with Gasteiger partial charge in [0.1, 0.15) is 11.7 Å². The van der Waals surface area contributed by atoms with Crippen LogP contribution in [-0.2, 0) is 9.53 Å². The fourth-order valence-electron chi connectivity index (χ4n) is 6.83. The minimum Gasteiger partial charge on any atom is -0.430 e. The number of unbranched alkanes of at least 4 members (excludes halogenated alkanes) is 29. The quantitative estimate of drug-likeness (QED) is 0.0387. The van der Waals surface area contributed by atoms with E-state index in [-0.39, 0.29) is 11.9 Å². The Bertz CT molecular complexity index is 732. The van der Waals surface area contributed by atoms with E-state index in [2.05, 4.69) is 44.2 Å². The molecule has 0 saturated carbocycles. The zero-order valence-electron chi connectivity index (χ0n) is 31.3. The van der Waals surface area contributed by atoms with Crippen LogP contribution in [0.1, 0.15) is 232 Å². The molecule has 0 aromatic rings. The number of carbonyl (C=O) groups excluding carboxylic acids is 1. The predicted molar refractivity (Wildman–Crippen MR) is 204 cm³/mol. The maximum atomic E-state index is 12.0. The van der Waals surface area contributed by atoms with Crippen molar-refractivity contribution in [2.24, 2.45) is 5.92 Å². The summed E-state index contributed by atoms with van der Waals surface area (Å²) in [4.78, 5) is 12.0. The van der Waals surface area contributed by atoms with Gasteiger partial charge in [-0.05, 0) is 63.9 Å². The molecule has 0 spiro atoms. The third-order valence-electron chi connectivity index (χ3n) is 9.94. The summed E-state index contributed by atoms with van der Waals surface area (Å²) in [7, 11) is 0. The van der Waals surface area contributed by atoms with Gasteiger partial charge in [0.05, 0.1) is 0 Å². The highest BCUT2D eigenvalue weighted by atomic mass is 16.6. The van der Waals surface area contributed by atoms with E-state index in [0.717, 1.165) is 18.6 Å². The van der Waals surface area contributed by atoms with Crippen molar-refractivity contribution in [2.45, 2.75) is 232 Å². The lowest BCUT2D eigenvalue weighted by atomic mass is 9.93. The third kappa shape index (κ3) is 27.8. The molecular formula is C44H80O2. The summed E-state index contributed by atoms with van der Waals surface area (Å²) in [5.74, 6) is 1.08. The first kappa shape index (κ1) is 42.7. The SMILES string of the molecule is CC/C=C/CCCCCCCCCCCCCCCC/C=C1/OC(=O)C1CCCCCCCCCCCCCCCC/C=C/CC. The lowest BCUT2D eigenvalue weighted by Crippen LogP contribution is -2.32. The molecule has 0 amide bonds. The number of esters is 1. The molecule has 0 radical (unpaired) electrons. The van der Waals surface area contributed by atoms with Crippen LogP contribution in [0.25, 0.3) is 0 Å². The van der Waals surface area contributed by atoms with E-state index in [4.69, 9.17) is 4.74 Å². The first-order valence-corrected chi connectivity index (χ1v) is 21.0. The van der Waals surface area contributed by atoms with Gasteiger partial charge in [-0.25, -0.2) is 0 Å². The van der Waals surface area contributed by atoms with Crippen molar-refractivity contribution in [3.8, 4) is 0 Å². The Kier molecular flexibility index (Phi) is 32.5. The summed E-state index contributed by atoms with van der Waals surface area (Å²) in [5.41, 5.74) is 0. The zero-order chi connectivity index (χ0) is 33.0. The van der Waals surface area contributed by atoms with Crippen LogP contribution in [0.5, 0.6) is 0 Å². The standard InChI is InChI=1S/C44H80O2/c1-3-5-7-9-11-13-15-17-19-21-23-25-27-29-31-33-35-37-39-41-43-42(44(45)46-43)40-38-36-34-32-30-28-26-24-22-20-18-16-14-12-10-8-6-4-2/h5-8,41-42H,3-4,9-40H2,1-2H3/b7-5+,8-6+,43-41+. The van der Waals surface area contributed by atoms with E-state index in [1.807, 2.05) is 0 Å². The Hall–Kier alpha value is -1.31. The van der Waals surface area contributed by atoms with Gasteiger partial charge >= 0.3 is 5.97 Å². The molecule has 1 fully saturated rings. The lowest BCUT2D eigenvalue weighted by Gasteiger charge is -2.28. The van der Waals surface area contributed by atoms with Crippen LogP contribution in [0.4, 0.5) is 0 Å². The molecule has 1 saturated heterocycles. The van der Waals surface area contributed by atoms with Crippen molar-refractivity contribution >= 4 is 5.97 Å². The van der Waals surface area contributed by atoms with Gasteiger partial charge in [0, 0.05) is 0 Å². The summed E-state index contributed by atoms with van der Waals surface area (Å²) < 4.78 is 5.39. The molecule has 2 heteroatoms. The van der Waals surface area contributed by atoms with E-state index in [9.17, 15) is 4.79 Å². The average Bonchev–Trinajstić information content (AvgIpc) is 3.06. The smallest absolute Gasteiger partial charge is 0.321 e. The highest BCUT2D eigenvalue weighted by Gasteiger charge is 2.36. The molecule has 1 aliphatic rings. The Morgan fingerprint density at radius 3 is 1.04 bits per heavy atom. The maximum absolute atomic E-state index is 12.0. The number of carbonyl (C=O) groups is 1. The topological polar surface area (TPSA) is 26.3 Å². The van der Waals surface area contributed by atoms with Gasteiger partial charge in [0.25, 0.3) is 0 Å². The second kappa shape index (κ2) is 35.0. The van der Waals surface area contributed by atoms with Crippen molar-refractivity contribution < 1.29 is 9.53 Å². The summed E-state index contributed by atoms with van der Waals surface area (Å²) in [6, 6.07) is 0. The van der Waals surface area contributed by atoms with Gasteiger partial charge < -0.3 is 4.74 Å². The van der Waals surface area contributed by atoms with Crippen LogP contribution in [0, 0.1) is 5.92 Å². The maximum Gasteiger partial charge on any atom is 0.321 e. The van der Waals surface area contributed by atoms with Gasteiger partial charge in [-0.2, -0.15) is 0 Å². The van der Waals surface area contributed by atoms with Gasteiger partial charge in [-0.3, -0.25) is 4.79 Å². The minimum atomic E-state index is 0.0193. The summed E-state index contributed by atoms with van der Waals surface area (Å²) in [6.45, 7) is 4.42. The van der Waals surface area contributed by atoms with E-state index in [1.54, 1.807) is 0 Å². The first-order valence-electron chi connectivity index (χ1n) is 21.0. The van der Waals surface area contributed by atoms with Gasteiger partial charge in [-0.15, -0.1) is 0 Å².